The fraction of sp³-hybridized carbons (Fsp3) is 0.375. The molecule has 6 heteroatoms. The Labute approximate surface area is 131 Å². The summed E-state index contributed by atoms with van der Waals surface area (Å²) in [6.07, 6.45) is 1.51. The van der Waals surface area contributed by atoms with Crippen molar-refractivity contribution in [2.75, 3.05) is 6.54 Å². The number of aliphatic hydroxyl groups is 1. The number of aliphatic hydroxyl groups excluding tert-OH is 1. The molecule has 0 spiro atoms. The Morgan fingerprint density at radius 1 is 1.23 bits per heavy atom. The highest BCUT2D eigenvalue weighted by atomic mass is 32.2. The molecule has 1 aromatic heterocycles. The number of sulfonamides is 1. The van der Waals surface area contributed by atoms with Gasteiger partial charge in [-0.05, 0) is 31.0 Å². The van der Waals surface area contributed by atoms with Crippen LogP contribution < -0.4 is 4.72 Å². The third kappa shape index (κ3) is 4.69. The van der Waals surface area contributed by atoms with Crippen molar-refractivity contribution in [1.82, 2.24) is 9.29 Å². The minimum absolute atomic E-state index is 0.0481. The zero-order valence-electron chi connectivity index (χ0n) is 12.9. The largest absolute Gasteiger partial charge is 0.387 e. The zero-order chi connectivity index (χ0) is 16.2. The standard InChI is InChI=1S/C16H22N2O3S/c1-13-5-7-14(8-6-13)12-22(20,21)17-10-9-16(19)15-4-3-11-18(15)2/h3-8,11,16-17,19H,9-10,12H2,1-2H3. The number of rotatable bonds is 7. The molecule has 0 aliphatic rings. The Morgan fingerprint density at radius 2 is 1.91 bits per heavy atom. The summed E-state index contributed by atoms with van der Waals surface area (Å²) in [7, 11) is -1.54. The number of hydrogen-bond acceptors (Lipinski definition) is 3. The lowest BCUT2D eigenvalue weighted by Crippen LogP contribution is -2.27. The van der Waals surface area contributed by atoms with Gasteiger partial charge in [-0.3, -0.25) is 0 Å². The second-order valence-electron chi connectivity index (χ2n) is 5.49. The van der Waals surface area contributed by atoms with E-state index in [4.69, 9.17) is 0 Å². The number of aryl methyl sites for hydroxylation is 2. The third-order valence-electron chi connectivity index (χ3n) is 3.54. The van der Waals surface area contributed by atoms with Crippen LogP contribution in [-0.2, 0) is 22.8 Å². The van der Waals surface area contributed by atoms with E-state index < -0.39 is 16.1 Å². The lowest BCUT2D eigenvalue weighted by molar-refractivity contribution is 0.161. The molecule has 0 aliphatic heterocycles. The van der Waals surface area contributed by atoms with E-state index in [0.29, 0.717) is 6.42 Å². The van der Waals surface area contributed by atoms with Crippen LogP contribution in [0, 0.1) is 6.92 Å². The van der Waals surface area contributed by atoms with Crippen molar-refractivity contribution in [3.05, 3.63) is 59.4 Å². The molecule has 0 amide bonds. The van der Waals surface area contributed by atoms with Gasteiger partial charge in [-0.25, -0.2) is 13.1 Å². The van der Waals surface area contributed by atoms with Crippen LogP contribution in [0.3, 0.4) is 0 Å². The van der Waals surface area contributed by atoms with Gasteiger partial charge in [-0.2, -0.15) is 0 Å². The van der Waals surface area contributed by atoms with E-state index in [-0.39, 0.29) is 12.3 Å². The summed E-state index contributed by atoms with van der Waals surface area (Å²) in [6.45, 7) is 2.17. The average molecular weight is 322 g/mol. The lowest BCUT2D eigenvalue weighted by Gasteiger charge is -2.13. The minimum atomic E-state index is -3.39. The van der Waals surface area contributed by atoms with Gasteiger partial charge in [0.15, 0.2) is 0 Å². The molecular weight excluding hydrogens is 300 g/mol. The van der Waals surface area contributed by atoms with Gasteiger partial charge in [0.25, 0.3) is 0 Å². The van der Waals surface area contributed by atoms with Gasteiger partial charge < -0.3 is 9.67 Å². The molecule has 0 saturated carbocycles. The Bertz CT molecular complexity index is 705. The summed E-state index contributed by atoms with van der Waals surface area (Å²) in [5.74, 6) is -0.0481. The Morgan fingerprint density at radius 3 is 2.50 bits per heavy atom. The van der Waals surface area contributed by atoms with Crippen LogP contribution in [0.25, 0.3) is 0 Å². The first kappa shape index (κ1) is 16.7. The fourth-order valence-corrected chi connectivity index (χ4v) is 3.44. The van der Waals surface area contributed by atoms with E-state index in [1.54, 1.807) is 0 Å². The second kappa shape index (κ2) is 7.09. The van der Waals surface area contributed by atoms with Crippen LogP contribution in [-0.4, -0.2) is 24.6 Å². The molecule has 2 N–H and O–H groups in total. The van der Waals surface area contributed by atoms with Crippen molar-refractivity contribution >= 4 is 10.0 Å². The molecule has 1 aromatic carbocycles. The van der Waals surface area contributed by atoms with Crippen LogP contribution in [0.15, 0.2) is 42.6 Å². The number of nitrogens with one attached hydrogen (secondary N) is 1. The van der Waals surface area contributed by atoms with Gasteiger partial charge in [0.2, 0.25) is 10.0 Å². The summed E-state index contributed by atoms with van der Waals surface area (Å²) < 4.78 is 28.4. The molecule has 0 saturated heterocycles. The monoisotopic (exact) mass is 322 g/mol. The predicted molar refractivity (Wildman–Crippen MR) is 86.8 cm³/mol. The summed E-state index contributed by atoms with van der Waals surface area (Å²) in [4.78, 5) is 0. The fourth-order valence-electron chi connectivity index (χ4n) is 2.27. The number of hydrogen-bond donors (Lipinski definition) is 2. The SMILES string of the molecule is Cc1ccc(CS(=O)(=O)NCCC(O)c2cccn2C)cc1. The maximum Gasteiger partial charge on any atom is 0.215 e. The Balaban J connectivity index is 1.85. The van der Waals surface area contributed by atoms with E-state index in [0.717, 1.165) is 16.8 Å². The van der Waals surface area contributed by atoms with Crippen LogP contribution >= 0.6 is 0 Å². The van der Waals surface area contributed by atoms with Crippen molar-refractivity contribution in [2.45, 2.75) is 25.2 Å². The van der Waals surface area contributed by atoms with Gasteiger partial charge in [-0.15, -0.1) is 0 Å². The maximum absolute atomic E-state index is 12.0. The van der Waals surface area contributed by atoms with Crippen molar-refractivity contribution in [3.63, 3.8) is 0 Å². The molecule has 22 heavy (non-hydrogen) atoms. The van der Waals surface area contributed by atoms with E-state index in [9.17, 15) is 13.5 Å². The highest BCUT2D eigenvalue weighted by Crippen LogP contribution is 2.16. The summed E-state index contributed by atoms with van der Waals surface area (Å²) in [5, 5.41) is 10.1. The summed E-state index contributed by atoms with van der Waals surface area (Å²) >= 11 is 0. The topological polar surface area (TPSA) is 71.3 Å². The normalized spacial score (nSPS) is 13.2. The van der Waals surface area contributed by atoms with Crippen LogP contribution in [0.2, 0.25) is 0 Å². The molecule has 0 bridgehead atoms. The summed E-state index contributed by atoms with van der Waals surface area (Å²) in [6, 6.07) is 11.1. The maximum atomic E-state index is 12.0. The van der Waals surface area contributed by atoms with Crippen LogP contribution in [0.4, 0.5) is 0 Å². The molecule has 5 nitrogen and oxygen atoms in total. The van der Waals surface area contributed by atoms with Crippen LogP contribution in [0.5, 0.6) is 0 Å². The molecule has 0 fully saturated rings. The Kier molecular flexibility index (Phi) is 5.39. The Hall–Kier alpha value is -1.63. The molecule has 0 aliphatic carbocycles. The van der Waals surface area contributed by atoms with E-state index in [1.807, 2.05) is 61.1 Å². The van der Waals surface area contributed by atoms with E-state index in [2.05, 4.69) is 4.72 Å². The van der Waals surface area contributed by atoms with Gasteiger partial charge >= 0.3 is 0 Å². The van der Waals surface area contributed by atoms with Crippen molar-refractivity contribution in [3.8, 4) is 0 Å². The van der Waals surface area contributed by atoms with E-state index >= 15 is 0 Å². The first-order valence-electron chi connectivity index (χ1n) is 7.19. The molecule has 2 aromatic rings. The van der Waals surface area contributed by atoms with Crippen molar-refractivity contribution < 1.29 is 13.5 Å². The van der Waals surface area contributed by atoms with E-state index in [1.165, 1.54) is 0 Å². The second-order valence-corrected chi connectivity index (χ2v) is 7.29. The molecule has 2 rings (SSSR count). The van der Waals surface area contributed by atoms with Crippen molar-refractivity contribution in [1.29, 1.82) is 0 Å². The van der Waals surface area contributed by atoms with Gasteiger partial charge in [0.1, 0.15) is 0 Å². The third-order valence-corrected chi connectivity index (χ3v) is 4.90. The molecule has 1 heterocycles. The molecule has 120 valence electrons. The number of nitrogens with zero attached hydrogens (tertiary/aromatic N) is 1. The van der Waals surface area contributed by atoms with Gasteiger partial charge in [-0.1, -0.05) is 29.8 Å². The molecule has 1 unspecified atom stereocenters. The minimum Gasteiger partial charge on any atom is -0.387 e. The van der Waals surface area contributed by atoms with Gasteiger partial charge in [0.05, 0.1) is 11.9 Å². The highest BCUT2D eigenvalue weighted by Gasteiger charge is 2.14. The lowest BCUT2D eigenvalue weighted by atomic mass is 10.2. The van der Waals surface area contributed by atoms with Crippen molar-refractivity contribution in [2.24, 2.45) is 7.05 Å². The quantitative estimate of drug-likeness (QED) is 0.817. The predicted octanol–water partition coefficient (Wildman–Crippen LogP) is 1.88. The average Bonchev–Trinajstić information content (AvgIpc) is 2.87. The molecular formula is C16H22N2O3S. The molecule has 0 radical (unpaired) electrons. The molecule has 1 atom stereocenters. The van der Waals surface area contributed by atoms with Gasteiger partial charge in [0, 0.05) is 25.5 Å². The first-order chi connectivity index (χ1) is 10.4. The highest BCUT2D eigenvalue weighted by molar-refractivity contribution is 7.88. The smallest absolute Gasteiger partial charge is 0.215 e. The van der Waals surface area contributed by atoms with Crippen LogP contribution in [0.1, 0.15) is 29.3 Å². The summed E-state index contributed by atoms with van der Waals surface area (Å²) in [5.41, 5.74) is 2.62. The number of aromatic nitrogens is 1. The number of benzene rings is 1. The first-order valence-corrected chi connectivity index (χ1v) is 8.85. The zero-order valence-corrected chi connectivity index (χ0v) is 13.7.